The van der Waals surface area contributed by atoms with Gasteiger partial charge in [-0.2, -0.15) is 0 Å². The second-order valence-electron chi connectivity index (χ2n) is 12.8. The fourth-order valence-electron chi connectivity index (χ4n) is 4.94. The molecule has 0 fully saturated rings. The summed E-state index contributed by atoms with van der Waals surface area (Å²) in [7, 11) is -0.798. The number of aromatic hydroxyl groups is 1. The minimum atomic E-state index is -0.798. The van der Waals surface area contributed by atoms with Gasteiger partial charge in [-0.15, -0.1) is 0 Å². The molecule has 0 bridgehead atoms. The molecule has 0 aliphatic heterocycles. The van der Waals surface area contributed by atoms with Crippen LogP contribution < -0.4 is 10.6 Å². The van der Waals surface area contributed by atoms with E-state index in [0.29, 0.717) is 5.75 Å². The maximum Gasteiger partial charge on any atom is 0.127 e. The summed E-state index contributed by atoms with van der Waals surface area (Å²) < 4.78 is 0. The second-order valence-corrected chi connectivity index (χ2v) is 15.0. The van der Waals surface area contributed by atoms with Gasteiger partial charge >= 0.3 is 0 Å². The van der Waals surface area contributed by atoms with Crippen LogP contribution in [0, 0.1) is 5.41 Å². The van der Waals surface area contributed by atoms with Crippen molar-refractivity contribution in [3.63, 3.8) is 0 Å². The van der Waals surface area contributed by atoms with Gasteiger partial charge < -0.3 is 5.11 Å². The maximum absolute atomic E-state index is 11.4. The van der Waals surface area contributed by atoms with Crippen LogP contribution in [0.15, 0.2) is 113 Å². The summed E-state index contributed by atoms with van der Waals surface area (Å²) >= 11 is 0. The van der Waals surface area contributed by atoms with Gasteiger partial charge in [0.2, 0.25) is 0 Å². The minimum Gasteiger partial charge on any atom is -0.507 e. The third-order valence-corrected chi connectivity index (χ3v) is 9.51. The lowest BCUT2D eigenvalue weighted by molar-refractivity contribution is 0.393. The van der Waals surface area contributed by atoms with E-state index < -0.39 is 7.92 Å². The van der Waals surface area contributed by atoms with E-state index in [0.717, 1.165) is 42.5 Å². The van der Waals surface area contributed by atoms with Crippen molar-refractivity contribution in [1.29, 1.82) is 0 Å². The first-order chi connectivity index (χ1) is 19.0. The molecule has 0 spiro atoms. The number of aliphatic imine (C=N–C) groups is 1. The first-order valence-electron chi connectivity index (χ1n) is 14.4. The molecule has 3 heteroatoms. The predicted octanol–water partition coefficient (Wildman–Crippen LogP) is 9.34. The predicted molar refractivity (Wildman–Crippen MR) is 176 cm³/mol. The molecule has 1 aliphatic carbocycles. The molecule has 4 rings (SSSR count). The lowest BCUT2D eigenvalue weighted by atomic mass is 9.81. The molecule has 0 heterocycles. The van der Waals surface area contributed by atoms with E-state index in [9.17, 15) is 5.11 Å². The third kappa shape index (κ3) is 7.92. The van der Waals surface area contributed by atoms with Crippen LogP contribution in [-0.2, 0) is 11.8 Å². The van der Waals surface area contributed by atoms with Crippen molar-refractivity contribution in [3.05, 3.63) is 125 Å². The minimum absolute atomic E-state index is 0.0338. The Morgan fingerprint density at radius 3 is 2.02 bits per heavy atom. The number of nitrogens with zero attached hydrogens (tertiary/aromatic N) is 1. The standard InChI is InChI=1S/C37H44NOP/c1-36(2,3)26-28-24-30(37(4,5)6)25-29(35(28)39)27-38-33-22-16-8-7-9-17-23-34(33)40(31-18-12-10-13-19-31)32-20-14-11-15-21-32/h7-8,10-15,17-21,23-25,27,39H,9,16,22,26H2,1-6H3/b8-7-,23-17-,34-33-,38-27?. The highest BCUT2D eigenvalue weighted by atomic mass is 31.1. The van der Waals surface area contributed by atoms with E-state index in [1.807, 2.05) is 6.21 Å². The molecule has 3 aromatic rings. The summed E-state index contributed by atoms with van der Waals surface area (Å²) in [4.78, 5) is 5.20. The topological polar surface area (TPSA) is 32.6 Å². The number of allylic oxidation sites excluding steroid dienone is 6. The van der Waals surface area contributed by atoms with E-state index in [1.165, 1.54) is 21.5 Å². The van der Waals surface area contributed by atoms with Crippen LogP contribution in [0.4, 0.5) is 0 Å². The van der Waals surface area contributed by atoms with Crippen LogP contribution in [-0.4, -0.2) is 11.3 Å². The molecule has 0 saturated heterocycles. The van der Waals surface area contributed by atoms with E-state index in [4.69, 9.17) is 4.99 Å². The molecule has 3 aromatic carbocycles. The van der Waals surface area contributed by atoms with Gasteiger partial charge in [-0.05, 0) is 72.2 Å². The van der Waals surface area contributed by atoms with Crippen molar-refractivity contribution in [2.45, 2.75) is 72.6 Å². The van der Waals surface area contributed by atoms with Gasteiger partial charge in [-0.1, -0.05) is 133 Å². The monoisotopic (exact) mass is 549 g/mol. The highest BCUT2D eigenvalue weighted by molar-refractivity contribution is 7.77. The largest absolute Gasteiger partial charge is 0.507 e. The van der Waals surface area contributed by atoms with Crippen molar-refractivity contribution in [2.75, 3.05) is 0 Å². The van der Waals surface area contributed by atoms with E-state index >= 15 is 0 Å². The number of rotatable bonds is 6. The first kappa shape index (κ1) is 29.8. The van der Waals surface area contributed by atoms with Crippen molar-refractivity contribution < 1.29 is 5.11 Å². The van der Waals surface area contributed by atoms with E-state index in [2.05, 4.69) is 139 Å². The summed E-state index contributed by atoms with van der Waals surface area (Å²) in [5.74, 6) is 0.348. The average Bonchev–Trinajstić information content (AvgIpc) is 3.02. The molecule has 1 N–H and O–H groups in total. The zero-order valence-electron chi connectivity index (χ0n) is 25.0. The van der Waals surface area contributed by atoms with E-state index in [1.54, 1.807) is 0 Å². The Morgan fingerprint density at radius 1 is 0.825 bits per heavy atom. The smallest absolute Gasteiger partial charge is 0.127 e. The molecular formula is C37H44NOP. The Hall–Kier alpha value is -3.22. The first-order valence-corrected chi connectivity index (χ1v) is 15.7. The number of benzene rings is 3. The molecule has 0 radical (unpaired) electrons. The number of hydrogen-bond acceptors (Lipinski definition) is 2. The zero-order valence-corrected chi connectivity index (χ0v) is 25.9. The normalized spacial score (nSPS) is 18.4. The van der Waals surface area contributed by atoms with Crippen molar-refractivity contribution in [2.24, 2.45) is 10.4 Å². The highest BCUT2D eigenvalue weighted by Crippen LogP contribution is 2.47. The Kier molecular flexibility index (Phi) is 9.64. The van der Waals surface area contributed by atoms with Crippen LogP contribution in [0.1, 0.15) is 77.5 Å². The van der Waals surface area contributed by atoms with Gasteiger partial charge in [0.15, 0.2) is 0 Å². The number of hydrogen-bond donors (Lipinski definition) is 1. The molecule has 0 amide bonds. The SMILES string of the molecule is CC(C)(C)Cc1cc(C(C)(C)C)cc(C=N/C2=C(P(c3ccccc3)c3ccccc3)/C=C\C/C=C\CC2)c1O. The summed E-state index contributed by atoms with van der Waals surface area (Å²) in [6.07, 6.45) is 14.5. The fourth-order valence-corrected chi connectivity index (χ4v) is 7.41. The van der Waals surface area contributed by atoms with Crippen molar-refractivity contribution in [3.8, 4) is 5.75 Å². The molecule has 208 valence electrons. The van der Waals surface area contributed by atoms with Crippen LogP contribution in [0.5, 0.6) is 5.75 Å². The second kappa shape index (κ2) is 13.0. The van der Waals surface area contributed by atoms with Gasteiger partial charge in [0.25, 0.3) is 0 Å². The van der Waals surface area contributed by atoms with Crippen LogP contribution in [0.2, 0.25) is 0 Å². The Morgan fingerprint density at radius 2 is 1.45 bits per heavy atom. The quantitative estimate of drug-likeness (QED) is 0.185. The number of phenolic OH excluding ortho intramolecular Hbond substituents is 1. The van der Waals surface area contributed by atoms with Gasteiger partial charge in [-0.3, -0.25) is 4.99 Å². The Labute approximate surface area is 243 Å². The van der Waals surface area contributed by atoms with Crippen molar-refractivity contribution >= 4 is 24.7 Å². The lowest BCUT2D eigenvalue weighted by Crippen LogP contribution is -2.15. The van der Waals surface area contributed by atoms with Crippen LogP contribution in [0.3, 0.4) is 0 Å². The molecular weight excluding hydrogens is 505 g/mol. The zero-order chi connectivity index (χ0) is 28.8. The summed E-state index contributed by atoms with van der Waals surface area (Å²) in [6, 6.07) is 25.9. The van der Waals surface area contributed by atoms with Gasteiger partial charge in [-0.25, -0.2) is 0 Å². The Balaban J connectivity index is 1.90. The van der Waals surface area contributed by atoms with Gasteiger partial charge in [0.05, 0.1) is 0 Å². The molecule has 1 aliphatic rings. The van der Waals surface area contributed by atoms with Crippen LogP contribution in [0.25, 0.3) is 0 Å². The van der Waals surface area contributed by atoms with Gasteiger partial charge in [0, 0.05) is 22.8 Å². The Bertz CT molecular complexity index is 1360. The molecule has 0 atom stereocenters. The average molecular weight is 550 g/mol. The number of phenols is 1. The molecule has 40 heavy (non-hydrogen) atoms. The van der Waals surface area contributed by atoms with Crippen LogP contribution >= 0.6 is 7.92 Å². The van der Waals surface area contributed by atoms with Gasteiger partial charge in [0.1, 0.15) is 5.75 Å². The maximum atomic E-state index is 11.4. The molecule has 0 saturated carbocycles. The summed E-state index contributed by atoms with van der Waals surface area (Å²) in [5.41, 5.74) is 4.11. The van der Waals surface area contributed by atoms with E-state index in [-0.39, 0.29) is 10.8 Å². The fraction of sp³-hybridized carbons (Fsp3) is 0.324. The summed E-state index contributed by atoms with van der Waals surface area (Å²) in [6.45, 7) is 13.3. The molecule has 0 unspecified atom stereocenters. The van der Waals surface area contributed by atoms with Crippen molar-refractivity contribution in [1.82, 2.24) is 0 Å². The molecule has 0 aromatic heterocycles. The molecule has 2 nitrogen and oxygen atoms in total. The third-order valence-electron chi connectivity index (χ3n) is 6.99. The highest BCUT2D eigenvalue weighted by Gasteiger charge is 2.23. The summed E-state index contributed by atoms with van der Waals surface area (Å²) in [5, 5.41) is 15.3. The lowest BCUT2D eigenvalue weighted by Gasteiger charge is -2.25.